The molecule has 0 radical (unpaired) electrons. The minimum absolute atomic E-state index is 0.0168. The minimum Gasteiger partial charge on any atom is -0.508 e. The summed E-state index contributed by atoms with van der Waals surface area (Å²) < 4.78 is 14.0. The molecule has 0 spiro atoms. The zero-order valence-corrected chi connectivity index (χ0v) is 37.5. The normalized spacial score (nSPS) is 21.4. The molecule has 6 bridgehead atoms. The van der Waals surface area contributed by atoms with Crippen LogP contribution in [0.25, 0.3) is 33.3 Å². The second-order valence-electron chi connectivity index (χ2n) is 18.6. The SMILES string of the molecule is CCn1c(-c2cnccc2COC)c2c3cc(ccc31)-c1cc(O)cc(c1)C[C@H](NC(=O)C(C(C)C)N(C)C(=O)[C@H]1CCN(C)C1)C(=O)N1CCC[C@H](N1)C(=O)OCC(C)(C)C2. The van der Waals surface area contributed by atoms with Gasteiger partial charge in [0.2, 0.25) is 11.8 Å². The van der Waals surface area contributed by atoms with Crippen molar-refractivity contribution in [3.63, 3.8) is 0 Å². The summed E-state index contributed by atoms with van der Waals surface area (Å²) in [6.07, 6.45) is 5.98. The molecule has 7 rings (SSSR count). The number of cyclic esters (lactones) is 1. The first kappa shape index (κ1) is 44.7. The molecule has 2 fully saturated rings. The summed E-state index contributed by atoms with van der Waals surface area (Å²) in [4.78, 5) is 64.8. The molecule has 3 N–H and O–H groups in total. The zero-order chi connectivity index (χ0) is 44.5. The Kier molecular flexibility index (Phi) is 13.4. The van der Waals surface area contributed by atoms with Gasteiger partial charge in [0.1, 0.15) is 23.9 Å². The molecule has 4 aromatic rings. The quantitative estimate of drug-likeness (QED) is 0.188. The van der Waals surface area contributed by atoms with Crippen LogP contribution in [0.1, 0.15) is 70.6 Å². The Bertz CT molecular complexity index is 2320. The Hall–Kier alpha value is -5.31. The number of likely N-dealkylation sites (tertiary alicyclic amines) is 1. The van der Waals surface area contributed by atoms with Crippen LogP contribution in [0, 0.1) is 17.3 Å². The number of methoxy groups -OCH3 is 1. The Balaban J connectivity index is 1.33. The van der Waals surface area contributed by atoms with Gasteiger partial charge >= 0.3 is 5.97 Å². The van der Waals surface area contributed by atoms with E-state index in [1.165, 1.54) is 9.91 Å². The van der Waals surface area contributed by atoms with Gasteiger partial charge in [0.25, 0.3) is 5.91 Å². The highest BCUT2D eigenvalue weighted by Gasteiger charge is 2.39. The maximum absolute atomic E-state index is 14.6. The van der Waals surface area contributed by atoms with Gasteiger partial charge in [-0.2, -0.15) is 0 Å². The van der Waals surface area contributed by atoms with Gasteiger partial charge in [-0.25, -0.2) is 5.43 Å². The van der Waals surface area contributed by atoms with Gasteiger partial charge in [0, 0.05) is 74.5 Å². The first-order chi connectivity index (χ1) is 29.6. The predicted octanol–water partition coefficient (Wildman–Crippen LogP) is 5.33. The number of aromatic nitrogens is 2. The van der Waals surface area contributed by atoms with E-state index in [1.807, 2.05) is 45.3 Å². The maximum Gasteiger partial charge on any atom is 0.324 e. The number of aryl methyl sites for hydroxylation is 1. The van der Waals surface area contributed by atoms with E-state index in [2.05, 4.69) is 58.1 Å². The number of amides is 3. The van der Waals surface area contributed by atoms with Crippen LogP contribution in [0.4, 0.5) is 0 Å². The molecule has 62 heavy (non-hydrogen) atoms. The number of nitrogens with zero attached hydrogens (tertiary/aromatic N) is 5. The monoisotopic (exact) mass is 849 g/mol. The standard InChI is InChI=1S/C48H63N7O7/c1-9-54-41-13-12-31-23-36(41)37(43(54)38-25-49-16-14-33(38)27-61-8)24-48(4,5)28-62-47(60)39-11-10-17-55(51-39)46(59)40(21-30-19-34(31)22-35(56)20-30)50-44(57)42(29(2)3)53(7)45(58)32-15-18-52(6)26-32/h12-14,16,19-20,22-23,25,29,32,39-40,42,51,56H,9-11,15,17-18,21,24,26-28H2,1-8H3,(H,50,57)/t32-,39-,40-,42?/m0/s1. The maximum atomic E-state index is 14.6. The third kappa shape index (κ3) is 9.37. The summed E-state index contributed by atoms with van der Waals surface area (Å²) in [5.41, 5.74) is 9.94. The molecular formula is C48H63N7O7. The molecule has 2 saturated heterocycles. The number of carbonyl (C=O) groups excluding carboxylic acids is 4. The largest absolute Gasteiger partial charge is 0.508 e. The number of ether oxygens (including phenoxy) is 2. The highest BCUT2D eigenvalue weighted by molar-refractivity contribution is 5.96. The third-order valence-electron chi connectivity index (χ3n) is 12.7. The van der Waals surface area contributed by atoms with E-state index in [9.17, 15) is 24.3 Å². The second kappa shape index (κ2) is 18.6. The topological polar surface area (TPSA) is 159 Å². The van der Waals surface area contributed by atoms with Gasteiger partial charge in [-0.3, -0.25) is 29.2 Å². The van der Waals surface area contributed by atoms with Crippen LogP contribution in [0.3, 0.4) is 0 Å². The van der Waals surface area contributed by atoms with Crippen LogP contribution in [0.15, 0.2) is 54.9 Å². The van der Waals surface area contributed by atoms with Crippen molar-refractivity contribution in [1.82, 2.24) is 35.1 Å². The molecular weight excluding hydrogens is 787 g/mol. The highest BCUT2D eigenvalue weighted by Crippen LogP contribution is 2.41. The third-order valence-corrected chi connectivity index (χ3v) is 12.7. The smallest absolute Gasteiger partial charge is 0.324 e. The summed E-state index contributed by atoms with van der Waals surface area (Å²) in [7, 11) is 5.32. The lowest BCUT2D eigenvalue weighted by atomic mass is 9.84. The lowest BCUT2D eigenvalue weighted by molar-refractivity contribution is -0.155. The number of nitrogens with one attached hydrogen (secondary N) is 2. The number of hydrogen-bond donors (Lipinski definition) is 3. The number of phenolic OH excluding ortho intramolecular Hbond substituents is 1. The zero-order valence-electron chi connectivity index (χ0n) is 37.5. The molecule has 332 valence electrons. The van der Waals surface area contributed by atoms with Gasteiger partial charge in [0.15, 0.2) is 0 Å². The molecule has 0 aliphatic carbocycles. The summed E-state index contributed by atoms with van der Waals surface area (Å²) in [6.45, 7) is 13.0. The van der Waals surface area contributed by atoms with E-state index >= 15 is 0 Å². The molecule has 3 amide bonds. The highest BCUT2D eigenvalue weighted by atomic mass is 16.5. The van der Waals surface area contributed by atoms with E-state index in [0.717, 1.165) is 51.0 Å². The van der Waals surface area contributed by atoms with Crippen molar-refractivity contribution in [2.24, 2.45) is 17.3 Å². The van der Waals surface area contributed by atoms with Crippen molar-refractivity contribution in [3.8, 4) is 28.1 Å². The number of fused-ring (bicyclic) bond motifs is 6. The Labute approximate surface area is 364 Å². The van der Waals surface area contributed by atoms with E-state index in [-0.39, 0.29) is 36.5 Å². The van der Waals surface area contributed by atoms with Crippen LogP contribution in [0.5, 0.6) is 5.75 Å². The molecule has 14 nitrogen and oxygen atoms in total. The van der Waals surface area contributed by atoms with E-state index < -0.39 is 41.3 Å². The van der Waals surface area contributed by atoms with Gasteiger partial charge in [-0.15, -0.1) is 0 Å². The van der Waals surface area contributed by atoms with Crippen molar-refractivity contribution < 1.29 is 33.8 Å². The predicted molar refractivity (Wildman–Crippen MR) is 238 cm³/mol. The lowest BCUT2D eigenvalue weighted by Crippen LogP contribution is -2.62. The van der Waals surface area contributed by atoms with Crippen molar-refractivity contribution >= 4 is 34.6 Å². The average molecular weight is 850 g/mol. The van der Waals surface area contributed by atoms with Crippen LogP contribution in [-0.4, -0.2) is 119 Å². The molecule has 3 aliphatic heterocycles. The first-order valence-corrected chi connectivity index (χ1v) is 22.0. The number of carbonyl (C=O) groups is 4. The number of rotatable bonds is 9. The van der Waals surface area contributed by atoms with E-state index in [1.54, 1.807) is 32.5 Å². The molecule has 3 aliphatic rings. The molecule has 4 atom stereocenters. The summed E-state index contributed by atoms with van der Waals surface area (Å²) in [5, 5.41) is 16.7. The number of likely N-dealkylation sites (N-methyl/N-ethyl adjacent to an activating group) is 1. The van der Waals surface area contributed by atoms with Crippen LogP contribution in [-0.2, 0) is 54.6 Å². The number of benzene rings is 2. The van der Waals surface area contributed by atoms with Gasteiger partial charge in [0.05, 0.1) is 24.8 Å². The number of pyridine rings is 1. The van der Waals surface area contributed by atoms with Crippen LogP contribution < -0.4 is 10.7 Å². The van der Waals surface area contributed by atoms with Gasteiger partial charge in [-0.1, -0.05) is 39.8 Å². The fourth-order valence-electron chi connectivity index (χ4n) is 9.68. The molecule has 2 aromatic heterocycles. The molecule has 14 heteroatoms. The average Bonchev–Trinajstić information content (AvgIpc) is 3.81. The number of phenols is 1. The summed E-state index contributed by atoms with van der Waals surface area (Å²) >= 11 is 0. The summed E-state index contributed by atoms with van der Waals surface area (Å²) in [5.74, 6) is -1.89. The number of hydrazine groups is 1. The molecule has 0 saturated carbocycles. The Morgan fingerprint density at radius 1 is 1.10 bits per heavy atom. The lowest BCUT2D eigenvalue weighted by Gasteiger charge is -2.37. The Morgan fingerprint density at radius 2 is 1.89 bits per heavy atom. The molecule has 2 aromatic carbocycles. The van der Waals surface area contributed by atoms with E-state index in [0.29, 0.717) is 57.5 Å². The van der Waals surface area contributed by atoms with E-state index in [4.69, 9.17) is 9.47 Å². The molecule has 5 heterocycles. The van der Waals surface area contributed by atoms with Crippen molar-refractivity contribution in [1.29, 1.82) is 0 Å². The minimum atomic E-state index is -1.10. The van der Waals surface area contributed by atoms with Crippen molar-refractivity contribution in [2.75, 3.05) is 47.4 Å². The number of hydrogen-bond acceptors (Lipinski definition) is 10. The van der Waals surface area contributed by atoms with Gasteiger partial charge in [-0.05, 0) is 110 Å². The summed E-state index contributed by atoms with van der Waals surface area (Å²) in [6, 6.07) is 10.8. The fourth-order valence-corrected chi connectivity index (χ4v) is 9.68. The van der Waals surface area contributed by atoms with Crippen molar-refractivity contribution in [3.05, 3.63) is 71.5 Å². The van der Waals surface area contributed by atoms with Crippen molar-refractivity contribution in [2.45, 2.75) is 98.0 Å². The first-order valence-electron chi connectivity index (χ1n) is 22.0. The second-order valence-corrected chi connectivity index (χ2v) is 18.6. The van der Waals surface area contributed by atoms with Crippen LogP contribution >= 0.6 is 0 Å². The number of esters is 1. The molecule has 1 unspecified atom stereocenters. The number of aromatic hydroxyl groups is 1. The van der Waals surface area contributed by atoms with Gasteiger partial charge < -0.3 is 34.3 Å². The Morgan fingerprint density at radius 3 is 2.60 bits per heavy atom. The van der Waals surface area contributed by atoms with Crippen LogP contribution in [0.2, 0.25) is 0 Å². The fraction of sp³-hybridized carbons (Fsp3) is 0.521.